The predicted molar refractivity (Wildman–Crippen MR) is 59.2 cm³/mol. The van der Waals surface area contributed by atoms with Crippen LogP contribution in [0.5, 0.6) is 5.75 Å². The molecule has 1 aromatic carbocycles. The molecule has 1 heterocycles. The summed E-state index contributed by atoms with van der Waals surface area (Å²) >= 11 is 0. The number of nitrogens with two attached hydrogens (primary N) is 1. The fraction of sp³-hybridized carbons (Fsp3) is 0.455. The highest BCUT2D eigenvalue weighted by Gasteiger charge is 2.38. The van der Waals surface area contributed by atoms with Gasteiger partial charge in [0, 0.05) is 5.69 Å². The summed E-state index contributed by atoms with van der Waals surface area (Å²) in [5.41, 5.74) is 6.11. The minimum atomic E-state index is -1.30. The molecule has 0 bridgehead atoms. The topological polar surface area (TPSA) is 105 Å². The number of anilines is 1. The van der Waals surface area contributed by atoms with Crippen molar-refractivity contribution < 1.29 is 24.8 Å². The molecule has 0 spiro atoms. The molecule has 0 aromatic heterocycles. The highest BCUT2D eigenvalue weighted by atomic mass is 16.7. The molecule has 5 N–H and O–H groups in total. The van der Waals surface area contributed by atoms with Gasteiger partial charge in [0.2, 0.25) is 6.29 Å². The van der Waals surface area contributed by atoms with Crippen LogP contribution in [-0.2, 0) is 4.74 Å². The third-order valence-electron chi connectivity index (χ3n) is 2.59. The van der Waals surface area contributed by atoms with Crippen molar-refractivity contribution in [3.8, 4) is 5.75 Å². The fourth-order valence-corrected chi connectivity index (χ4v) is 1.56. The maximum absolute atomic E-state index is 9.64. The highest BCUT2D eigenvalue weighted by molar-refractivity contribution is 5.41. The van der Waals surface area contributed by atoms with Crippen LogP contribution in [0.3, 0.4) is 0 Å². The Bertz CT molecular complexity index is 369. The molecule has 1 aliphatic heterocycles. The van der Waals surface area contributed by atoms with Crippen molar-refractivity contribution in [3.63, 3.8) is 0 Å². The summed E-state index contributed by atoms with van der Waals surface area (Å²) in [6.45, 7) is -0.0855. The van der Waals surface area contributed by atoms with Crippen molar-refractivity contribution in [3.05, 3.63) is 24.3 Å². The summed E-state index contributed by atoms with van der Waals surface area (Å²) in [7, 11) is 0. The zero-order valence-corrected chi connectivity index (χ0v) is 9.06. The van der Waals surface area contributed by atoms with Crippen LogP contribution in [0.15, 0.2) is 24.3 Å². The quantitative estimate of drug-likeness (QED) is 0.499. The second kappa shape index (κ2) is 4.89. The molecule has 0 amide bonds. The Morgan fingerprint density at radius 1 is 1.12 bits per heavy atom. The molecular formula is C11H15NO5. The summed E-state index contributed by atoms with van der Waals surface area (Å²) in [5, 5.41) is 28.4. The molecule has 1 aliphatic rings. The molecule has 6 heteroatoms. The minimum absolute atomic E-state index is 0.0855. The van der Waals surface area contributed by atoms with Gasteiger partial charge in [0.05, 0.1) is 6.61 Å². The van der Waals surface area contributed by atoms with Crippen LogP contribution in [0.25, 0.3) is 0 Å². The van der Waals surface area contributed by atoms with Gasteiger partial charge >= 0.3 is 0 Å². The van der Waals surface area contributed by atoms with Crippen molar-refractivity contribution in [2.45, 2.75) is 24.6 Å². The van der Waals surface area contributed by atoms with Gasteiger partial charge in [0.1, 0.15) is 24.1 Å². The number of benzene rings is 1. The lowest BCUT2D eigenvalue weighted by Gasteiger charge is -2.34. The number of ether oxygens (including phenoxy) is 2. The van der Waals surface area contributed by atoms with Crippen LogP contribution in [0.1, 0.15) is 0 Å². The molecule has 0 radical (unpaired) electrons. The summed E-state index contributed by atoms with van der Waals surface area (Å²) in [6, 6.07) is 6.55. The van der Waals surface area contributed by atoms with Gasteiger partial charge in [-0.3, -0.25) is 0 Å². The van der Waals surface area contributed by atoms with Crippen LogP contribution in [0, 0.1) is 0 Å². The summed E-state index contributed by atoms with van der Waals surface area (Å²) in [4.78, 5) is 0. The summed E-state index contributed by atoms with van der Waals surface area (Å²) < 4.78 is 10.4. The van der Waals surface area contributed by atoms with E-state index in [0.29, 0.717) is 11.4 Å². The van der Waals surface area contributed by atoms with E-state index >= 15 is 0 Å². The Morgan fingerprint density at radius 3 is 2.41 bits per heavy atom. The molecule has 6 nitrogen and oxygen atoms in total. The zero-order chi connectivity index (χ0) is 12.4. The molecule has 1 aromatic rings. The van der Waals surface area contributed by atoms with Crippen molar-refractivity contribution in [1.82, 2.24) is 0 Å². The van der Waals surface area contributed by atoms with E-state index in [1.165, 1.54) is 0 Å². The average molecular weight is 241 g/mol. The second-order valence-corrected chi connectivity index (χ2v) is 3.94. The van der Waals surface area contributed by atoms with Gasteiger partial charge in [-0.15, -0.1) is 0 Å². The highest BCUT2D eigenvalue weighted by Crippen LogP contribution is 2.21. The van der Waals surface area contributed by atoms with E-state index < -0.39 is 24.6 Å². The van der Waals surface area contributed by atoms with E-state index in [1.54, 1.807) is 24.3 Å². The zero-order valence-electron chi connectivity index (χ0n) is 9.06. The summed E-state index contributed by atoms with van der Waals surface area (Å²) in [6.07, 6.45) is -4.67. The lowest BCUT2D eigenvalue weighted by molar-refractivity contribution is -0.242. The van der Waals surface area contributed by atoms with Crippen molar-refractivity contribution in [2.75, 3.05) is 12.3 Å². The van der Waals surface area contributed by atoms with Crippen molar-refractivity contribution >= 4 is 5.69 Å². The molecule has 17 heavy (non-hydrogen) atoms. The molecule has 0 aliphatic carbocycles. The number of hydrogen-bond acceptors (Lipinski definition) is 6. The molecular weight excluding hydrogens is 226 g/mol. The molecule has 2 unspecified atom stereocenters. The average Bonchev–Trinajstić information content (AvgIpc) is 2.33. The lowest BCUT2D eigenvalue weighted by atomic mass is 10.1. The van der Waals surface area contributed by atoms with Gasteiger partial charge in [-0.1, -0.05) is 0 Å². The maximum Gasteiger partial charge on any atom is 0.228 e. The third kappa shape index (κ3) is 2.67. The normalized spacial score (nSPS) is 33.4. The van der Waals surface area contributed by atoms with Gasteiger partial charge in [-0.2, -0.15) is 0 Å². The first-order valence-electron chi connectivity index (χ1n) is 5.26. The van der Waals surface area contributed by atoms with E-state index in [9.17, 15) is 15.3 Å². The smallest absolute Gasteiger partial charge is 0.228 e. The Labute approximate surface area is 98.2 Å². The van der Waals surface area contributed by atoms with Crippen molar-refractivity contribution in [1.29, 1.82) is 0 Å². The SMILES string of the molecule is Nc1ccc(O[C@@H]2OC[C@H](O)C(O)C2O)cc1. The van der Waals surface area contributed by atoms with E-state index in [-0.39, 0.29) is 6.61 Å². The molecule has 2 rings (SSSR count). The van der Waals surface area contributed by atoms with Crippen LogP contribution in [-0.4, -0.2) is 46.5 Å². The molecule has 1 saturated heterocycles. The number of rotatable bonds is 2. The first-order chi connectivity index (χ1) is 8.08. The Hall–Kier alpha value is -1.34. The van der Waals surface area contributed by atoms with E-state index in [0.717, 1.165) is 0 Å². The third-order valence-corrected chi connectivity index (χ3v) is 2.59. The minimum Gasteiger partial charge on any atom is -0.462 e. The monoisotopic (exact) mass is 241 g/mol. The van der Waals surface area contributed by atoms with Gasteiger partial charge in [0.25, 0.3) is 0 Å². The molecule has 4 atom stereocenters. The Balaban J connectivity index is 2.01. The predicted octanol–water partition coefficient (Wildman–Crippen LogP) is -0.913. The standard InChI is InChI=1S/C11H15NO5/c12-6-1-3-7(4-2-6)17-11-10(15)9(14)8(13)5-16-11/h1-4,8-11,13-15H,5,12H2/t8-,9?,10?,11-/m0/s1. The Kier molecular flexibility index (Phi) is 3.49. The number of aliphatic hydroxyl groups excluding tert-OH is 3. The van der Waals surface area contributed by atoms with Gasteiger partial charge < -0.3 is 30.5 Å². The van der Waals surface area contributed by atoms with Crippen LogP contribution < -0.4 is 10.5 Å². The van der Waals surface area contributed by atoms with Crippen molar-refractivity contribution in [2.24, 2.45) is 0 Å². The number of hydrogen-bond donors (Lipinski definition) is 4. The fourth-order valence-electron chi connectivity index (χ4n) is 1.56. The number of nitrogen functional groups attached to an aromatic ring is 1. The second-order valence-electron chi connectivity index (χ2n) is 3.94. The first kappa shape index (κ1) is 12.1. The van der Waals surface area contributed by atoms with Gasteiger partial charge in [-0.05, 0) is 24.3 Å². The van der Waals surface area contributed by atoms with E-state index in [4.69, 9.17) is 15.2 Å². The maximum atomic E-state index is 9.64. The van der Waals surface area contributed by atoms with Crippen LogP contribution >= 0.6 is 0 Å². The molecule has 94 valence electrons. The van der Waals surface area contributed by atoms with Gasteiger partial charge in [-0.25, -0.2) is 0 Å². The van der Waals surface area contributed by atoms with Gasteiger partial charge in [0.15, 0.2) is 0 Å². The first-order valence-corrected chi connectivity index (χ1v) is 5.26. The lowest BCUT2D eigenvalue weighted by Crippen LogP contribution is -2.54. The summed E-state index contributed by atoms with van der Waals surface area (Å²) in [5.74, 6) is 0.465. The Morgan fingerprint density at radius 2 is 1.76 bits per heavy atom. The largest absolute Gasteiger partial charge is 0.462 e. The van der Waals surface area contributed by atoms with Crippen LogP contribution in [0.2, 0.25) is 0 Å². The molecule has 0 saturated carbocycles. The van der Waals surface area contributed by atoms with Crippen LogP contribution in [0.4, 0.5) is 5.69 Å². The molecule has 1 fully saturated rings. The van der Waals surface area contributed by atoms with E-state index in [2.05, 4.69) is 0 Å². The number of aliphatic hydroxyl groups is 3. The van der Waals surface area contributed by atoms with E-state index in [1.807, 2.05) is 0 Å².